The second kappa shape index (κ2) is 5.26. The molecule has 0 aliphatic carbocycles. The molecule has 7 heteroatoms. The summed E-state index contributed by atoms with van der Waals surface area (Å²) in [5.41, 5.74) is 0.915. The van der Waals surface area contributed by atoms with E-state index in [1.807, 2.05) is 0 Å². The number of pyridine rings is 1. The largest absolute Gasteiger partial charge is 0.352 e. The van der Waals surface area contributed by atoms with Crippen LogP contribution in [0.5, 0.6) is 0 Å². The van der Waals surface area contributed by atoms with E-state index in [9.17, 15) is 14.4 Å². The van der Waals surface area contributed by atoms with Gasteiger partial charge in [0, 0.05) is 18.9 Å². The van der Waals surface area contributed by atoms with Crippen LogP contribution < -0.4 is 16.0 Å². The summed E-state index contributed by atoms with van der Waals surface area (Å²) < 4.78 is 0. The van der Waals surface area contributed by atoms with Crippen LogP contribution in [0.3, 0.4) is 0 Å². The molecule has 1 atom stereocenters. The van der Waals surface area contributed by atoms with Gasteiger partial charge in [-0.2, -0.15) is 0 Å². The van der Waals surface area contributed by atoms with Gasteiger partial charge >= 0.3 is 6.03 Å². The van der Waals surface area contributed by atoms with Crippen LogP contribution in [0.4, 0.5) is 4.79 Å². The van der Waals surface area contributed by atoms with E-state index >= 15 is 0 Å². The van der Waals surface area contributed by atoms with Gasteiger partial charge in [-0.15, -0.1) is 0 Å². The highest BCUT2D eigenvalue weighted by atomic mass is 16.2. The molecule has 1 aliphatic heterocycles. The SMILES string of the molecule is O=C(CC1NC(=O)NC1=O)NCc1ccncc1. The predicted molar refractivity (Wildman–Crippen MR) is 61.2 cm³/mol. The number of aromatic nitrogens is 1. The fraction of sp³-hybridized carbons (Fsp3) is 0.273. The highest BCUT2D eigenvalue weighted by Crippen LogP contribution is 2.00. The molecule has 1 aromatic heterocycles. The van der Waals surface area contributed by atoms with Crippen molar-refractivity contribution in [2.24, 2.45) is 0 Å². The summed E-state index contributed by atoms with van der Waals surface area (Å²) >= 11 is 0. The Labute approximate surface area is 103 Å². The molecule has 0 bridgehead atoms. The van der Waals surface area contributed by atoms with Crippen molar-refractivity contribution in [1.82, 2.24) is 20.9 Å². The highest BCUT2D eigenvalue weighted by molar-refractivity contribution is 6.05. The fourth-order valence-corrected chi connectivity index (χ4v) is 1.56. The number of amides is 4. The minimum Gasteiger partial charge on any atom is -0.352 e. The lowest BCUT2D eigenvalue weighted by molar-refractivity contribution is -0.126. The van der Waals surface area contributed by atoms with Crippen LogP contribution in [0.15, 0.2) is 24.5 Å². The zero-order valence-electron chi connectivity index (χ0n) is 9.47. The number of urea groups is 1. The first-order valence-electron chi connectivity index (χ1n) is 5.42. The zero-order chi connectivity index (χ0) is 13.0. The van der Waals surface area contributed by atoms with Gasteiger partial charge in [0.1, 0.15) is 6.04 Å². The smallest absolute Gasteiger partial charge is 0.322 e. The maximum atomic E-state index is 11.6. The van der Waals surface area contributed by atoms with Gasteiger partial charge in [0.25, 0.3) is 5.91 Å². The Balaban J connectivity index is 1.79. The molecule has 2 heterocycles. The first-order valence-corrected chi connectivity index (χ1v) is 5.42. The van der Waals surface area contributed by atoms with Gasteiger partial charge in [-0.1, -0.05) is 0 Å². The van der Waals surface area contributed by atoms with E-state index in [2.05, 4.69) is 20.9 Å². The highest BCUT2D eigenvalue weighted by Gasteiger charge is 2.30. The molecule has 1 saturated heterocycles. The van der Waals surface area contributed by atoms with Crippen molar-refractivity contribution < 1.29 is 14.4 Å². The first kappa shape index (κ1) is 12.0. The molecule has 1 aliphatic rings. The molecule has 1 unspecified atom stereocenters. The lowest BCUT2D eigenvalue weighted by Crippen LogP contribution is -2.36. The minimum absolute atomic E-state index is 0.0668. The van der Waals surface area contributed by atoms with Crippen molar-refractivity contribution in [3.05, 3.63) is 30.1 Å². The lowest BCUT2D eigenvalue weighted by atomic mass is 10.2. The van der Waals surface area contributed by atoms with Crippen LogP contribution in [0.2, 0.25) is 0 Å². The van der Waals surface area contributed by atoms with Crippen molar-refractivity contribution >= 4 is 17.8 Å². The van der Waals surface area contributed by atoms with Crippen molar-refractivity contribution in [3.8, 4) is 0 Å². The average molecular weight is 248 g/mol. The molecule has 94 valence electrons. The second-order valence-electron chi connectivity index (χ2n) is 3.85. The monoisotopic (exact) mass is 248 g/mol. The molecule has 3 N–H and O–H groups in total. The Bertz CT molecular complexity index is 474. The van der Waals surface area contributed by atoms with E-state index in [4.69, 9.17) is 0 Å². The van der Waals surface area contributed by atoms with Crippen LogP contribution in [0.25, 0.3) is 0 Å². The Morgan fingerprint density at radius 2 is 2.06 bits per heavy atom. The zero-order valence-corrected chi connectivity index (χ0v) is 9.47. The van der Waals surface area contributed by atoms with Crippen molar-refractivity contribution in [3.63, 3.8) is 0 Å². The van der Waals surface area contributed by atoms with E-state index < -0.39 is 18.0 Å². The quantitative estimate of drug-likeness (QED) is 0.613. The van der Waals surface area contributed by atoms with E-state index in [0.717, 1.165) is 5.56 Å². The van der Waals surface area contributed by atoms with Gasteiger partial charge in [0.15, 0.2) is 0 Å². The minimum atomic E-state index is -0.782. The molecule has 0 spiro atoms. The molecular weight excluding hydrogens is 236 g/mol. The molecule has 0 saturated carbocycles. The van der Waals surface area contributed by atoms with Crippen molar-refractivity contribution in [2.45, 2.75) is 19.0 Å². The number of hydrogen-bond acceptors (Lipinski definition) is 4. The molecule has 0 radical (unpaired) electrons. The van der Waals surface area contributed by atoms with E-state index in [1.165, 1.54) is 0 Å². The van der Waals surface area contributed by atoms with Gasteiger partial charge < -0.3 is 10.6 Å². The van der Waals surface area contributed by atoms with Gasteiger partial charge in [-0.05, 0) is 17.7 Å². The summed E-state index contributed by atoms with van der Waals surface area (Å²) in [6, 6.07) is 2.22. The van der Waals surface area contributed by atoms with E-state index in [0.29, 0.717) is 6.54 Å². The predicted octanol–water partition coefficient (Wildman–Crippen LogP) is -0.704. The normalized spacial score (nSPS) is 18.1. The van der Waals surface area contributed by atoms with Crippen LogP contribution in [0.1, 0.15) is 12.0 Å². The summed E-state index contributed by atoms with van der Waals surface area (Å²) in [6.07, 6.45) is 3.20. The van der Waals surface area contributed by atoms with Crippen LogP contribution in [-0.4, -0.2) is 28.9 Å². The van der Waals surface area contributed by atoms with Crippen molar-refractivity contribution in [2.75, 3.05) is 0 Å². The number of imide groups is 1. The Hall–Kier alpha value is -2.44. The Morgan fingerprint density at radius 3 is 2.67 bits per heavy atom. The molecule has 7 nitrogen and oxygen atoms in total. The number of carbonyl (C=O) groups excluding carboxylic acids is 3. The number of carbonyl (C=O) groups is 3. The molecule has 2 rings (SSSR count). The average Bonchev–Trinajstić information content (AvgIpc) is 2.67. The number of nitrogens with one attached hydrogen (secondary N) is 3. The third kappa shape index (κ3) is 3.03. The summed E-state index contributed by atoms with van der Waals surface area (Å²) in [7, 11) is 0. The third-order valence-corrected chi connectivity index (χ3v) is 2.49. The lowest BCUT2D eigenvalue weighted by Gasteiger charge is -2.08. The molecule has 1 aromatic rings. The maximum absolute atomic E-state index is 11.6. The van der Waals surface area contributed by atoms with Gasteiger partial charge in [0.05, 0.1) is 6.42 Å². The summed E-state index contributed by atoms with van der Waals surface area (Å²) in [4.78, 5) is 37.5. The summed E-state index contributed by atoms with van der Waals surface area (Å²) in [6.45, 7) is 0.365. The second-order valence-corrected chi connectivity index (χ2v) is 3.85. The maximum Gasteiger partial charge on any atom is 0.322 e. The number of nitrogens with zero attached hydrogens (tertiary/aromatic N) is 1. The van der Waals surface area contributed by atoms with Gasteiger partial charge in [-0.25, -0.2) is 4.79 Å². The standard InChI is InChI=1S/C11H12N4O3/c16-9(5-8-10(17)15-11(18)14-8)13-6-7-1-3-12-4-2-7/h1-4,8H,5-6H2,(H,13,16)(H2,14,15,17,18). The van der Waals surface area contributed by atoms with E-state index in [-0.39, 0.29) is 12.3 Å². The Morgan fingerprint density at radius 1 is 1.33 bits per heavy atom. The fourth-order valence-electron chi connectivity index (χ4n) is 1.56. The third-order valence-electron chi connectivity index (χ3n) is 2.49. The van der Waals surface area contributed by atoms with Crippen molar-refractivity contribution in [1.29, 1.82) is 0 Å². The van der Waals surface area contributed by atoms with Crippen LogP contribution >= 0.6 is 0 Å². The summed E-state index contributed by atoms with van der Waals surface area (Å²) in [5.74, 6) is -0.770. The van der Waals surface area contributed by atoms with Crippen LogP contribution in [-0.2, 0) is 16.1 Å². The molecule has 18 heavy (non-hydrogen) atoms. The van der Waals surface area contributed by atoms with Gasteiger partial charge in [0.2, 0.25) is 5.91 Å². The van der Waals surface area contributed by atoms with E-state index in [1.54, 1.807) is 24.5 Å². The molecule has 1 fully saturated rings. The topological polar surface area (TPSA) is 100 Å². The first-order chi connectivity index (χ1) is 8.65. The van der Waals surface area contributed by atoms with Crippen LogP contribution in [0, 0.1) is 0 Å². The number of rotatable bonds is 4. The molecule has 4 amide bonds. The molecule has 0 aromatic carbocycles. The Kier molecular flexibility index (Phi) is 3.52. The molecular formula is C11H12N4O3. The number of hydrogen-bond donors (Lipinski definition) is 3. The summed E-state index contributed by atoms with van der Waals surface area (Å²) in [5, 5.41) is 7.09. The van der Waals surface area contributed by atoms with Gasteiger partial charge in [-0.3, -0.25) is 19.9 Å².